The van der Waals surface area contributed by atoms with Crippen LogP contribution in [-0.2, 0) is 6.54 Å². The van der Waals surface area contributed by atoms with Crippen LogP contribution in [0.1, 0.15) is 5.56 Å². The second-order valence-corrected chi connectivity index (χ2v) is 5.32. The Labute approximate surface area is 140 Å². The molecule has 0 atom stereocenters. The molecule has 7 heteroatoms. The van der Waals surface area contributed by atoms with E-state index >= 15 is 0 Å². The van der Waals surface area contributed by atoms with Gasteiger partial charge in [-0.25, -0.2) is 9.78 Å². The highest BCUT2D eigenvalue weighted by molar-refractivity contribution is 5.90. The third-order valence-electron chi connectivity index (χ3n) is 3.58. The number of carbonyl (C=O) groups excluding carboxylic acids is 1. The van der Waals surface area contributed by atoms with Gasteiger partial charge >= 0.3 is 6.03 Å². The fraction of sp³-hybridized carbons (Fsp3) is 0.294. The number of amides is 2. The maximum atomic E-state index is 12.3. The number of rotatable bonds is 4. The van der Waals surface area contributed by atoms with Crippen molar-refractivity contribution < 1.29 is 19.0 Å². The minimum absolute atomic E-state index is 0.254. The van der Waals surface area contributed by atoms with Crippen LogP contribution in [0.3, 0.4) is 0 Å². The summed E-state index contributed by atoms with van der Waals surface area (Å²) in [5, 5.41) is 2.79. The van der Waals surface area contributed by atoms with Gasteiger partial charge in [-0.2, -0.15) is 0 Å². The molecule has 2 aromatic rings. The lowest BCUT2D eigenvalue weighted by molar-refractivity contribution is 0.171. The Balaban J connectivity index is 1.66. The first-order valence-electron chi connectivity index (χ1n) is 7.57. The number of methoxy groups -OCH3 is 1. The summed E-state index contributed by atoms with van der Waals surface area (Å²) in [6.07, 6.45) is 1.60. The number of carbonyl (C=O) groups is 1. The summed E-state index contributed by atoms with van der Waals surface area (Å²) in [4.78, 5) is 18.0. The largest absolute Gasteiger partial charge is 0.486 e. The first kappa shape index (κ1) is 15.9. The average molecular weight is 329 g/mol. The van der Waals surface area contributed by atoms with Gasteiger partial charge in [-0.3, -0.25) is 0 Å². The van der Waals surface area contributed by atoms with Crippen LogP contribution in [-0.4, -0.2) is 43.3 Å². The molecule has 0 saturated carbocycles. The number of nitrogens with one attached hydrogen (secondary N) is 1. The van der Waals surface area contributed by atoms with E-state index in [1.54, 1.807) is 30.3 Å². The highest BCUT2D eigenvalue weighted by Gasteiger charge is 2.15. The van der Waals surface area contributed by atoms with E-state index < -0.39 is 0 Å². The third-order valence-corrected chi connectivity index (χ3v) is 3.58. The fourth-order valence-electron chi connectivity index (χ4n) is 2.39. The third kappa shape index (κ3) is 3.51. The first-order valence-corrected chi connectivity index (χ1v) is 7.57. The number of ether oxygens (including phenoxy) is 3. The van der Waals surface area contributed by atoms with Crippen LogP contribution >= 0.6 is 0 Å². The van der Waals surface area contributed by atoms with Gasteiger partial charge in [-0.1, -0.05) is 6.07 Å². The molecule has 1 aliphatic heterocycles. The molecular weight excluding hydrogens is 310 g/mol. The van der Waals surface area contributed by atoms with E-state index in [1.165, 1.54) is 7.11 Å². The van der Waals surface area contributed by atoms with Crippen LogP contribution < -0.4 is 19.5 Å². The van der Waals surface area contributed by atoms with E-state index in [0.717, 1.165) is 11.3 Å². The Morgan fingerprint density at radius 3 is 2.88 bits per heavy atom. The van der Waals surface area contributed by atoms with Gasteiger partial charge in [0.05, 0.1) is 7.11 Å². The zero-order chi connectivity index (χ0) is 16.9. The second-order valence-electron chi connectivity index (χ2n) is 5.32. The first-order chi connectivity index (χ1) is 11.7. The minimum atomic E-state index is -0.254. The smallest absolute Gasteiger partial charge is 0.322 e. The summed E-state index contributed by atoms with van der Waals surface area (Å²) in [6.45, 7) is 1.53. The molecule has 1 N–H and O–H groups in total. The number of nitrogens with zero attached hydrogens (tertiary/aromatic N) is 2. The highest BCUT2D eigenvalue weighted by atomic mass is 16.6. The molecule has 0 bridgehead atoms. The topological polar surface area (TPSA) is 72.9 Å². The molecule has 0 spiro atoms. The van der Waals surface area contributed by atoms with Gasteiger partial charge < -0.3 is 24.4 Å². The SMILES string of the molecule is COc1ncccc1NC(=O)N(C)Cc1ccc2c(c1)OCCO2. The van der Waals surface area contributed by atoms with Gasteiger partial charge in [-0.15, -0.1) is 0 Å². The fourth-order valence-corrected chi connectivity index (χ4v) is 2.39. The number of benzene rings is 1. The number of hydrogen-bond donors (Lipinski definition) is 1. The maximum Gasteiger partial charge on any atom is 0.322 e. The summed E-state index contributed by atoms with van der Waals surface area (Å²) in [6, 6.07) is 8.89. The predicted octanol–water partition coefficient (Wildman–Crippen LogP) is 2.53. The zero-order valence-corrected chi connectivity index (χ0v) is 13.6. The Kier molecular flexibility index (Phi) is 4.69. The summed E-state index contributed by atoms with van der Waals surface area (Å²) in [5.41, 5.74) is 1.48. The van der Waals surface area contributed by atoms with Crippen LogP contribution in [0.15, 0.2) is 36.5 Å². The summed E-state index contributed by atoms with van der Waals surface area (Å²) < 4.78 is 16.2. The van der Waals surface area contributed by atoms with Gasteiger partial charge in [0, 0.05) is 19.8 Å². The summed E-state index contributed by atoms with van der Waals surface area (Å²) >= 11 is 0. The van der Waals surface area contributed by atoms with E-state index in [9.17, 15) is 4.79 Å². The Morgan fingerprint density at radius 2 is 2.08 bits per heavy atom. The quantitative estimate of drug-likeness (QED) is 0.933. The monoisotopic (exact) mass is 329 g/mol. The molecule has 0 aliphatic carbocycles. The van der Waals surface area contributed by atoms with Crippen LogP contribution in [0.5, 0.6) is 17.4 Å². The summed E-state index contributed by atoms with van der Waals surface area (Å²) in [5.74, 6) is 1.82. The van der Waals surface area contributed by atoms with Gasteiger partial charge in [0.2, 0.25) is 5.88 Å². The Morgan fingerprint density at radius 1 is 1.29 bits per heavy atom. The molecule has 126 valence electrons. The molecular formula is C17H19N3O4. The molecule has 3 rings (SSSR count). The van der Waals surface area contributed by atoms with Crippen LogP contribution in [0, 0.1) is 0 Å². The number of urea groups is 1. The van der Waals surface area contributed by atoms with E-state index in [0.29, 0.717) is 37.1 Å². The number of pyridine rings is 1. The lowest BCUT2D eigenvalue weighted by Crippen LogP contribution is -2.31. The average Bonchev–Trinajstić information content (AvgIpc) is 2.62. The molecule has 0 radical (unpaired) electrons. The van der Waals surface area contributed by atoms with Crippen molar-refractivity contribution in [1.82, 2.24) is 9.88 Å². The minimum Gasteiger partial charge on any atom is -0.486 e. The zero-order valence-electron chi connectivity index (χ0n) is 13.6. The van der Waals surface area contributed by atoms with E-state index in [1.807, 2.05) is 18.2 Å². The number of hydrogen-bond acceptors (Lipinski definition) is 5. The van der Waals surface area contributed by atoms with Crippen molar-refractivity contribution in [1.29, 1.82) is 0 Å². The molecule has 0 fully saturated rings. The van der Waals surface area contributed by atoms with Gasteiger partial charge in [-0.05, 0) is 29.8 Å². The molecule has 2 amide bonds. The summed E-state index contributed by atoms with van der Waals surface area (Å²) in [7, 11) is 3.23. The lowest BCUT2D eigenvalue weighted by Gasteiger charge is -2.21. The van der Waals surface area contributed by atoms with E-state index in [4.69, 9.17) is 14.2 Å². The molecule has 1 aliphatic rings. The van der Waals surface area contributed by atoms with Gasteiger partial charge in [0.15, 0.2) is 11.5 Å². The van der Waals surface area contributed by atoms with Crippen LogP contribution in [0.2, 0.25) is 0 Å². The maximum absolute atomic E-state index is 12.3. The predicted molar refractivity (Wildman–Crippen MR) is 88.7 cm³/mol. The van der Waals surface area contributed by atoms with Crippen molar-refractivity contribution in [3.8, 4) is 17.4 Å². The Hall–Kier alpha value is -2.96. The molecule has 1 aromatic carbocycles. The number of anilines is 1. The number of aromatic nitrogens is 1. The Bertz CT molecular complexity index is 736. The van der Waals surface area contributed by atoms with Crippen molar-refractivity contribution in [3.63, 3.8) is 0 Å². The highest BCUT2D eigenvalue weighted by Crippen LogP contribution is 2.31. The van der Waals surface area contributed by atoms with E-state index in [2.05, 4.69) is 10.3 Å². The molecule has 1 aromatic heterocycles. The van der Waals surface area contributed by atoms with Crippen LogP contribution in [0.4, 0.5) is 10.5 Å². The molecule has 24 heavy (non-hydrogen) atoms. The molecule has 7 nitrogen and oxygen atoms in total. The van der Waals surface area contributed by atoms with E-state index in [-0.39, 0.29) is 6.03 Å². The second kappa shape index (κ2) is 7.08. The lowest BCUT2D eigenvalue weighted by atomic mass is 10.2. The van der Waals surface area contributed by atoms with Crippen LogP contribution in [0.25, 0.3) is 0 Å². The normalized spacial score (nSPS) is 12.4. The van der Waals surface area contributed by atoms with Gasteiger partial charge in [0.1, 0.15) is 18.9 Å². The van der Waals surface area contributed by atoms with Crippen molar-refractivity contribution in [2.24, 2.45) is 0 Å². The van der Waals surface area contributed by atoms with Crippen molar-refractivity contribution >= 4 is 11.7 Å². The number of fused-ring (bicyclic) bond motifs is 1. The standard InChI is InChI=1S/C17H19N3O4/c1-20(17(21)19-13-4-3-7-18-16(13)22-2)11-12-5-6-14-15(10-12)24-9-8-23-14/h3-7,10H,8-9,11H2,1-2H3,(H,19,21). The molecule has 0 unspecified atom stereocenters. The van der Waals surface area contributed by atoms with Crippen molar-refractivity contribution in [3.05, 3.63) is 42.1 Å². The molecule has 0 saturated heterocycles. The molecule has 2 heterocycles. The van der Waals surface area contributed by atoms with Crippen molar-refractivity contribution in [2.75, 3.05) is 32.7 Å². The van der Waals surface area contributed by atoms with Crippen molar-refractivity contribution in [2.45, 2.75) is 6.54 Å². The van der Waals surface area contributed by atoms with Gasteiger partial charge in [0.25, 0.3) is 0 Å².